The largest absolute Gasteiger partial charge is 0.493 e. The molecule has 0 saturated carbocycles. The van der Waals surface area contributed by atoms with Crippen LogP contribution in [0.1, 0.15) is 17.5 Å². The minimum absolute atomic E-state index is 0.0884. The molecule has 26 heavy (non-hydrogen) atoms. The number of para-hydroxylation sites is 1. The van der Waals surface area contributed by atoms with Crippen LogP contribution in [-0.4, -0.2) is 19.1 Å². The number of benzene rings is 3. The Balaban J connectivity index is 1.47. The Morgan fingerprint density at radius 3 is 2.81 bits per heavy atom. The van der Waals surface area contributed by atoms with Crippen molar-refractivity contribution in [2.75, 3.05) is 7.11 Å². The van der Waals surface area contributed by atoms with Crippen molar-refractivity contribution in [1.29, 1.82) is 0 Å². The molecule has 1 aliphatic heterocycles. The van der Waals surface area contributed by atoms with Crippen molar-refractivity contribution in [3.05, 3.63) is 71.8 Å². The van der Waals surface area contributed by atoms with E-state index < -0.39 is 6.10 Å². The number of ether oxygens (including phenoxy) is 2. The van der Waals surface area contributed by atoms with Crippen LogP contribution >= 0.6 is 0 Å². The molecule has 132 valence electrons. The first-order chi connectivity index (χ1) is 12.8. The molecule has 0 aliphatic carbocycles. The standard InChI is InChI=1S/C22H21NO3/c1-25-19-11-5-8-16-12-13-20(26-21(16)19)22(24)23-14-17-9-4-7-15-6-2-3-10-18(15)17/h2-11,20H,12-14H2,1H3,(H,23,24). The van der Waals surface area contributed by atoms with Crippen LogP contribution in [-0.2, 0) is 17.8 Å². The van der Waals surface area contributed by atoms with E-state index in [-0.39, 0.29) is 5.91 Å². The maximum atomic E-state index is 12.6. The average molecular weight is 347 g/mol. The van der Waals surface area contributed by atoms with Crippen molar-refractivity contribution in [2.45, 2.75) is 25.5 Å². The van der Waals surface area contributed by atoms with E-state index in [1.54, 1.807) is 7.11 Å². The number of nitrogens with one attached hydrogen (secondary N) is 1. The van der Waals surface area contributed by atoms with Gasteiger partial charge in [-0.2, -0.15) is 0 Å². The second-order valence-corrected chi connectivity index (χ2v) is 6.45. The quantitative estimate of drug-likeness (QED) is 0.780. The van der Waals surface area contributed by atoms with Crippen LogP contribution in [0.15, 0.2) is 60.7 Å². The van der Waals surface area contributed by atoms with Crippen molar-refractivity contribution >= 4 is 16.7 Å². The van der Waals surface area contributed by atoms with Gasteiger partial charge in [0.25, 0.3) is 5.91 Å². The molecule has 1 amide bonds. The van der Waals surface area contributed by atoms with Crippen LogP contribution in [0.4, 0.5) is 0 Å². The van der Waals surface area contributed by atoms with Gasteiger partial charge in [-0.1, -0.05) is 54.6 Å². The highest BCUT2D eigenvalue weighted by molar-refractivity contribution is 5.87. The van der Waals surface area contributed by atoms with E-state index in [2.05, 4.69) is 23.5 Å². The number of carbonyl (C=O) groups is 1. The highest BCUT2D eigenvalue weighted by Crippen LogP contribution is 2.36. The highest BCUT2D eigenvalue weighted by Gasteiger charge is 2.28. The van der Waals surface area contributed by atoms with Crippen LogP contribution in [0.25, 0.3) is 10.8 Å². The number of hydrogen-bond donors (Lipinski definition) is 1. The lowest BCUT2D eigenvalue weighted by Gasteiger charge is -2.26. The fraction of sp³-hybridized carbons (Fsp3) is 0.227. The van der Waals surface area contributed by atoms with Gasteiger partial charge in [-0.15, -0.1) is 0 Å². The lowest BCUT2D eigenvalue weighted by molar-refractivity contribution is -0.128. The molecule has 0 saturated heterocycles. The number of carbonyl (C=O) groups excluding carboxylic acids is 1. The Bertz CT molecular complexity index is 932. The Hall–Kier alpha value is -3.01. The molecule has 1 unspecified atom stereocenters. The van der Waals surface area contributed by atoms with Crippen LogP contribution < -0.4 is 14.8 Å². The van der Waals surface area contributed by atoms with E-state index in [0.29, 0.717) is 24.5 Å². The fourth-order valence-electron chi connectivity index (χ4n) is 3.47. The molecule has 3 aromatic rings. The van der Waals surface area contributed by atoms with E-state index >= 15 is 0 Å². The minimum Gasteiger partial charge on any atom is -0.493 e. The zero-order valence-electron chi connectivity index (χ0n) is 14.7. The minimum atomic E-state index is -0.492. The van der Waals surface area contributed by atoms with E-state index in [0.717, 1.165) is 22.9 Å². The first-order valence-corrected chi connectivity index (χ1v) is 8.83. The molecule has 0 fully saturated rings. The number of aryl methyl sites for hydroxylation is 1. The number of fused-ring (bicyclic) bond motifs is 2. The number of hydrogen-bond acceptors (Lipinski definition) is 3. The fourth-order valence-corrected chi connectivity index (χ4v) is 3.47. The lowest BCUT2D eigenvalue weighted by Crippen LogP contribution is -2.40. The normalized spacial score (nSPS) is 15.8. The molecule has 1 heterocycles. The van der Waals surface area contributed by atoms with Crippen molar-refractivity contribution in [3.63, 3.8) is 0 Å². The summed E-state index contributed by atoms with van der Waals surface area (Å²) in [5.74, 6) is 1.27. The number of rotatable bonds is 4. The van der Waals surface area contributed by atoms with E-state index in [1.807, 2.05) is 42.5 Å². The molecule has 0 aromatic heterocycles. The smallest absolute Gasteiger partial charge is 0.261 e. The first kappa shape index (κ1) is 16.5. The van der Waals surface area contributed by atoms with Gasteiger partial charge in [0.05, 0.1) is 7.11 Å². The first-order valence-electron chi connectivity index (χ1n) is 8.83. The molecular formula is C22H21NO3. The van der Waals surface area contributed by atoms with E-state index in [4.69, 9.17) is 9.47 Å². The summed E-state index contributed by atoms with van der Waals surface area (Å²) in [5.41, 5.74) is 2.19. The average Bonchev–Trinajstić information content (AvgIpc) is 2.71. The third-order valence-electron chi connectivity index (χ3n) is 4.84. The van der Waals surface area contributed by atoms with Gasteiger partial charge in [-0.3, -0.25) is 4.79 Å². The van der Waals surface area contributed by atoms with Gasteiger partial charge in [0.1, 0.15) is 0 Å². The molecule has 4 rings (SSSR count). The Kier molecular flexibility index (Phi) is 4.48. The Morgan fingerprint density at radius 2 is 1.92 bits per heavy atom. The topological polar surface area (TPSA) is 47.6 Å². The van der Waals surface area contributed by atoms with Crippen molar-refractivity contribution < 1.29 is 14.3 Å². The summed E-state index contributed by atoms with van der Waals surface area (Å²) < 4.78 is 11.3. The van der Waals surface area contributed by atoms with Gasteiger partial charge in [0.2, 0.25) is 0 Å². The highest BCUT2D eigenvalue weighted by atomic mass is 16.5. The van der Waals surface area contributed by atoms with E-state index in [1.165, 1.54) is 5.39 Å². The Labute approximate surface area is 152 Å². The van der Waals surface area contributed by atoms with Crippen molar-refractivity contribution in [1.82, 2.24) is 5.32 Å². The molecule has 1 atom stereocenters. The molecule has 1 aliphatic rings. The molecule has 0 bridgehead atoms. The summed E-state index contributed by atoms with van der Waals surface area (Å²) in [5, 5.41) is 5.36. The SMILES string of the molecule is COc1cccc2c1OC(C(=O)NCc1cccc3ccccc13)CC2. The summed E-state index contributed by atoms with van der Waals surface area (Å²) in [6.45, 7) is 0.485. The lowest BCUT2D eigenvalue weighted by atomic mass is 10.0. The summed E-state index contributed by atoms with van der Waals surface area (Å²) in [6, 6.07) is 20.1. The van der Waals surface area contributed by atoms with Crippen LogP contribution in [0.3, 0.4) is 0 Å². The molecule has 0 radical (unpaired) electrons. The third-order valence-corrected chi connectivity index (χ3v) is 4.84. The predicted molar refractivity (Wildman–Crippen MR) is 102 cm³/mol. The second kappa shape index (κ2) is 7.08. The molecule has 3 aromatic carbocycles. The zero-order chi connectivity index (χ0) is 17.9. The number of amides is 1. The van der Waals surface area contributed by atoms with Crippen molar-refractivity contribution in [3.8, 4) is 11.5 Å². The molecular weight excluding hydrogens is 326 g/mol. The van der Waals surface area contributed by atoms with Crippen LogP contribution in [0.2, 0.25) is 0 Å². The summed E-state index contributed by atoms with van der Waals surface area (Å²) in [6.07, 6.45) is 0.981. The monoisotopic (exact) mass is 347 g/mol. The molecule has 0 spiro atoms. The van der Waals surface area contributed by atoms with Gasteiger partial charge < -0.3 is 14.8 Å². The van der Waals surface area contributed by atoms with E-state index in [9.17, 15) is 4.79 Å². The second-order valence-electron chi connectivity index (χ2n) is 6.45. The summed E-state index contributed by atoms with van der Waals surface area (Å²) in [7, 11) is 1.61. The zero-order valence-corrected chi connectivity index (χ0v) is 14.7. The van der Waals surface area contributed by atoms with Gasteiger partial charge in [-0.25, -0.2) is 0 Å². The van der Waals surface area contributed by atoms with Gasteiger partial charge in [0.15, 0.2) is 17.6 Å². The Morgan fingerprint density at radius 1 is 1.12 bits per heavy atom. The van der Waals surface area contributed by atoms with Crippen LogP contribution in [0, 0.1) is 0 Å². The van der Waals surface area contributed by atoms with Crippen LogP contribution in [0.5, 0.6) is 11.5 Å². The molecule has 4 heteroatoms. The summed E-state index contributed by atoms with van der Waals surface area (Å²) in [4.78, 5) is 12.6. The summed E-state index contributed by atoms with van der Waals surface area (Å²) >= 11 is 0. The third kappa shape index (κ3) is 3.10. The van der Waals surface area contributed by atoms with Gasteiger partial charge in [-0.05, 0) is 40.8 Å². The maximum Gasteiger partial charge on any atom is 0.261 e. The molecule has 1 N–H and O–H groups in total. The maximum absolute atomic E-state index is 12.6. The van der Waals surface area contributed by atoms with Gasteiger partial charge >= 0.3 is 0 Å². The predicted octanol–water partition coefficient (Wildman–Crippen LogP) is 3.86. The molecule has 4 nitrogen and oxygen atoms in total. The number of methoxy groups -OCH3 is 1. The van der Waals surface area contributed by atoms with Crippen molar-refractivity contribution in [2.24, 2.45) is 0 Å². The van der Waals surface area contributed by atoms with Gasteiger partial charge in [0, 0.05) is 6.54 Å².